The highest BCUT2D eigenvalue weighted by molar-refractivity contribution is 6.34. The predicted octanol–water partition coefficient (Wildman–Crippen LogP) is 3.02. The van der Waals surface area contributed by atoms with Crippen LogP contribution in [-0.4, -0.2) is 6.54 Å². The molecular weight excluding hydrogens is 212 g/mol. The lowest BCUT2D eigenvalue weighted by Gasteiger charge is -2.03. The van der Waals surface area contributed by atoms with Crippen LogP contribution in [0.1, 0.15) is 12.0 Å². The van der Waals surface area contributed by atoms with Crippen LogP contribution >= 0.6 is 23.2 Å². The maximum absolute atomic E-state index is 12.9. The van der Waals surface area contributed by atoms with Gasteiger partial charge in [-0.3, -0.25) is 0 Å². The molecule has 4 heteroatoms. The lowest BCUT2D eigenvalue weighted by Crippen LogP contribution is -2.00. The molecule has 0 saturated heterocycles. The Hall–Kier alpha value is -0.310. The Morgan fingerprint density at radius 2 is 1.77 bits per heavy atom. The van der Waals surface area contributed by atoms with Crippen molar-refractivity contribution in [3.05, 3.63) is 33.6 Å². The van der Waals surface area contributed by atoms with Crippen molar-refractivity contribution < 1.29 is 4.39 Å². The summed E-state index contributed by atoms with van der Waals surface area (Å²) in [4.78, 5) is 0. The van der Waals surface area contributed by atoms with Crippen molar-refractivity contribution in [2.45, 2.75) is 12.8 Å². The van der Waals surface area contributed by atoms with Crippen molar-refractivity contribution in [1.82, 2.24) is 0 Å². The normalized spacial score (nSPS) is 10.5. The Labute approximate surface area is 86.6 Å². The number of hydrogen-bond donors (Lipinski definition) is 1. The van der Waals surface area contributed by atoms with E-state index in [-0.39, 0.29) is 10.0 Å². The van der Waals surface area contributed by atoms with Crippen molar-refractivity contribution in [2.24, 2.45) is 5.73 Å². The van der Waals surface area contributed by atoms with Crippen LogP contribution < -0.4 is 5.73 Å². The third-order valence-corrected chi connectivity index (χ3v) is 2.26. The lowest BCUT2D eigenvalue weighted by atomic mass is 10.1. The van der Waals surface area contributed by atoms with E-state index in [0.29, 0.717) is 6.54 Å². The van der Waals surface area contributed by atoms with E-state index in [9.17, 15) is 4.39 Å². The van der Waals surface area contributed by atoms with Gasteiger partial charge in [-0.2, -0.15) is 0 Å². The molecule has 0 atom stereocenters. The molecule has 0 unspecified atom stereocenters. The minimum Gasteiger partial charge on any atom is -0.330 e. The average molecular weight is 222 g/mol. The summed E-state index contributed by atoms with van der Waals surface area (Å²) >= 11 is 11.2. The molecule has 0 amide bonds. The zero-order valence-corrected chi connectivity index (χ0v) is 8.50. The maximum Gasteiger partial charge on any atom is 0.160 e. The van der Waals surface area contributed by atoms with Gasteiger partial charge in [0.15, 0.2) is 5.82 Å². The molecule has 0 bridgehead atoms. The van der Waals surface area contributed by atoms with Gasteiger partial charge in [0.1, 0.15) is 0 Å². The summed E-state index contributed by atoms with van der Waals surface area (Å²) < 4.78 is 12.9. The van der Waals surface area contributed by atoms with Crippen molar-refractivity contribution >= 4 is 23.2 Å². The summed E-state index contributed by atoms with van der Waals surface area (Å²) in [6.45, 7) is 0.604. The maximum atomic E-state index is 12.9. The van der Waals surface area contributed by atoms with Gasteiger partial charge in [-0.25, -0.2) is 4.39 Å². The van der Waals surface area contributed by atoms with Gasteiger partial charge >= 0.3 is 0 Å². The predicted molar refractivity (Wildman–Crippen MR) is 53.8 cm³/mol. The Kier molecular flexibility index (Phi) is 3.97. The van der Waals surface area contributed by atoms with Gasteiger partial charge in [0.05, 0.1) is 10.0 Å². The van der Waals surface area contributed by atoms with Gasteiger partial charge in [0.2, 0.25) is 0 Å². The number of benzene rings is 1. The second-order valence-corrected chi connectivity index (χ2v) is 3.58. The van der Waals surface area contributed by atoms with Crippen molar-refractivity contribution in [2.75, 3.05) is 6.54 Å². The van der Waals surface area contributed by atoms with Gasteiger partial charge in [-0.1, -0.05) is 23.2 Å². The van der Waals surface area contributed by atoms with Crippen LogP contribution in [0.4, 0.5) is 4.39 Å². The molecule has 1 aromatic carbocycles. The monoisotopic (exact) mass is 221 g/mol. The smallest absolute Gasteiger partial charge is 0.160 e. The van der Waals surface area contributed by atoms with E-state index in [1.165, 1.54) is 0 Å². The van der Waals surface area contributed by atoms with E-state index < -0.39 is 5.82 Å². The molecule has 0 fully saturated rings. The molecule has 1 nitrogen and oxygen atoms in total. The first-order valence-corrected chi connectivity index (χ1v) is 4.74. The van der Waals surface area contributed by atoms with E-state index >= 15 is 0 Å². The van der Waals surface area contributed by atoms with Crippen molar-refractivity contribution in [3.63, 3.8) is 0 Å². The summed E-state index contributed by atoms with van der Waals surface area (Å²) in [7, 11) is 0. The van der Waals surface area contributed by atoms with Crippen LogP contribution in [0.5, 0.6) is 0 Å². The zero-order valence-electron chi connectivity index (χ0n) is 6.99. The van der Waals surface area contributed by atoms with E-state index in [4.69, 9.17) is 28.9 Å². The molecule has 0 aliphatic carbocycles. The fraction of sp³-hybridized carbons (Fsp3) is 0.333. The molecule has 0 saturated carbocycles. The highest BCUT2D eigenvalue weighted by atomic mass is 35.5. The van der Waals surface area contributed by atoms with E-state index in [2.05, 4.69) is 0 Å². The van der Waals surface area contributed by atoms with Crippen molar-refractivity contribution in [1.29, 1.82) is 0 Å². The van der Waals surface area contributed by atoms with Crippen LogP contribution in [0.2, 0.25) is 10.0 Å². The number of nitrogens with two attached hydrogens (primary N) is 1. The fourth-order valence-corrected chi connectivity index (χ4v) is 1.59. The van der Waals surface area contributed by atoms with Gasteiger partial charge in [0.25, 0.3) is 0 Å². The molecule has 0 aliphatic heterocycles. The van der Waals surface area contributed by atoms with Gasteiger partial charge in [-0.15, -0.1) is 0 Å². The van der Waals surface area contributed by atoms with Crippen LogP contribution in [0, 0.1) is 5.82 Å². The largest absolute Gasteiger partial charge is 0.330 e. The lowest BCUT2D eigenvalue weighted by molar-refractivity contribution is 0.627. The van der Waals surface area contributed by atoms with E-state index in [1.807, 2.05) is 0 Å². The molecule has 1 aromatic rings. The van der Waals surface area contributed by atoms with Crippen LogP contribution in [-0.2, 0) is 6.42 Å². The third-order valence-electron chi connectivity index (χ3n) is 1.71. The van der Waals surface area contributed by atoms with E-state index in [0.717, 1.165) is 18.4 Å². The number of aryl methyl sites for hydroxylation is 1. The van der Waals surface area contributed by atoms with Crippen LogP contribution in [0.15, 0.2) is 12.1 Å². The fourth-order valence-electron chi connectivity index (χ4n) is 1.06. The minimum absolute atomic E-state index is 0.0690. The number of hydrogen-bond acceptors (Lipinski definition) is 1. The molecular formula is C9H10Cl2FN. The highest BCUT2D eigenvalue weighted by Crippen LogP contribution is 2.25. The number of rotatable bonds is 3. The van der Waals surface area contributed by atoms with Gasteiger partial charge < -0.3 is 5.73 Å². The SMILES string of the molecule is NCCCc1cc(Cl)c(F)c(Cl)c1. The summed E-state index contributed by atoms with van der Waals surface area (Å²) in [6, 6.07) is 3.16. The zero-order chi connectivity index (χ0) is 9.84. The average Bonchev–Trinajstić information content (AvgIpc) is 2.10. The first kappa shape index (κ1) is 10.8. The molecule has 1 rings (SSSR count). The summed E-state index contributed by atoms with van der Waals surface area (Å²) in [6.07, 6.45) is 1.62. The Morgan fingerprint density at radius 1 is 1.23 bits per heavy atom. The molecule has 0 spiro atoms. The second kappa shape index (κ2) is 4.80. The van der Waals surface area contributed by atoms with Crippen LogP contribution in [0.25, 0.3) is 0 Å². The number of halogens is 3. The van der Waals surface area contributed by atoms with E-state index in [1.54, 1.807) is 12.1 Å². The summed E-state index contributed by atoms with van der Waals surface area (Å²) in [5, 5.41) is 0.138. The summed E-state index contributed by atoms with van der Waals surface area (Å²) in [5.74, 6) is -0.556. The molecule has 0 aromatic heterocycles. The first-order valence-electron chi connectivity index (χ1n) is 3.98. The molecule has 0 heterocycles. The quantitative estimate of drug-likeness (QED) is 0.781. The molecule has 72 valence electrons. The summed E-state index contributed by atoms with van der Waals surface area (Å²) in [5.41, 5.74) is 6.26. The third kappa shape index (κ3) is 2.83. The second-order valence-electron chi connectivity index (χ2n) is 2.77. The van der Waals surface area contributed by atoms with Gasteiger partial charge in [-0.05, 0) is 37.1 Å². The van der Waals surface area contributed by atoms with Gasteiger partial charge in [0, 0.05) is 0 Å². The Bertz CT molecular complexity index is 279. The molecule has 13 heavy (non-hydrogen) atoms. The molecule has 0 radical (unpaired) electrons. The minimum atomic E-state index is -0.556. The Morgan fingerprint density at radius 3 is 2.23 bits per heavy atom. The highest BCUT2D eigenvalue weighted by Gasteiger charge is 2.06. The first-order chi connectivity index (χ1) is 6.15. The molecule has 2 N–H and O–H groups in total. The standard InChI is InChI=1S/C9H10Cl2FN/c10-7-4-6(2-1-3-13)5-8(11)9(7)12/h4-5H,1-3,13H2. The topological polar surface area (TPSA) is 26.0 Å². The Balaban J connectivity index is 2.86. The van der Waals surface area contributed by atoms with Crippen LogP contribution in [0.3, 0.4) is 0 Å². The van der Waals surface area contributed by atoms with Crippen molar-refractivity contribution in [3.8, 4) is 0 Å². The molecule has 0 aliphatic rings.